The molecule has 0 amide bonds. The third-order valence-electron chi connectivity index (χ3n) is 1.71. The van der Waals surface area contributed by atoms with Gasteiger partial charge < -0.3 is 9.80 Å². The molecule has 0 bridgehead atoms. The Balaban J connectivity index is 3.01. The lowest BCUT2D eigenvalue weighted by atomic mass is 10.3. The maximum atomic E-state index is 3.45. The summed E-state index contributed by atoms with van der Waals surface area (Å²) >= 11 is 0. The first kappa shape index (κ1) is 12.1. The van der Waals surface area contributed by atoms with E-state index < -0.39 is 0 Å². The fourth-order valence-corrected chi connectivity index (χ4v) is 1.19. The molecule has 0 saturated heterocycles. The van der Waals surface area contributed by atoms with Gasteiger partial charge in [-0.3, -0.25) is 0 Å². The average Bonchev–Trinajstić information content (AvgIpc) is 1.94. The van der Waals surface area contributed by atoms with E-state index in [-0.39, 0.29) is 0 Å². The maximum Gasteiger partial charge on any atom is 0.0792 e. The predicted molar refractivity (Wildman–Crippen MR) is 55.6 cm³/mol. The van der Waals surface area contributed by atoms with Crippen LogP contribution in [0.4, 0.5) is 0 Å². The minimum atomic E-state index is 1.07. The Morgan fingerprint density at radius 1 is 1.08 bits per heavy atom. The van der Waals surface area contributed by atoms with Gasteiger partial charge in [-0.05, 0) is 13.0 Å². The Morgan fingerprint density at radius 3 is 2.17 bits per heavy atom. The van der Waals surface area contributed by atoms with Crippen LogP contribution in [0.1, 0.15) is 12.8 Å². The molecule has 3 radical (unpaired) electrons. The van der Waals surface area contributed by atoms with Crippen molar-refractivity contribution in [2.45, 2.75) is 18.9 Å². The highest BCUT2D eigenvalue weighted by molar-refractivity contribution is 6.08. The fourth-order valence-electron chi connectivity index (χ4n) is 1.02. The van der Waals surface area contributed by atoms with Gasteiger partial charge in [0.2, 0.25) is 0 Å². The number of hydrogen-bond donors (Lipinski definition) is 1. The molecule has 1 N–H and O–H groups in total. The van der Waals surface area contributed by atoms with E-state index in [2.05, 4.69) is 36.7 Å². The summed E-state index contributed by atoms with van der Waals surface area (Å²) in [6, 6.07) is 1.10. The van der Waals surface area contributed by atoms with Crippen molar-refractivity contribution < 1.29 is 4.48 Å². The van der Waals surface area contributed by atoms with Gasteiger partial charge in [0.25, 0.3) is 0 Å². The number of rotatable bonds is 7. The number of hydrogen-bond acceptors (Lipinski definition) is 1. The van der Waals surface area contributed by atoms with Crippen LogP contribution >= 0.6 is 0 Å². The van der Waals surface area contributed by atoms with Crippen molar-refractivity contribution in [3.8, 4) is 0 Å². The summed E-state index contributed by atoms with van der Waals surface area (Å²) in [7, 11) is 10.2. The van der Waals surface area contributed by atoms with E-state index in [0.29, 0.717) is 0 Å². The highest BCUT2D eigenvalue weighted by Gasteiger charge is 2.04. The van der Waals surface area contributed by atoms with Crippen molar-refractivity contribution >= 4 is 10.2 Å². The third kappa shape index (κ3) is 10.1. The molecule has 0 aliphatic rings. The molecule has 0 aromatic carbocycles. The molecule has 0 spiro atoms. The molecule has 2 nitrogen and oxygen atoms in total. The van der Waals surface area contributed by atoms with E-state index in [0.717, 1.165) is 23.6 Å². The van der Waals surface area contributed by atoms with Gasteiger partial charge in [0.05, 0.1) is 27.7 Å². The van der Waals surface area contributed by atoms with Gasteiger partial charge >= 0.3 is 0 Å². The second kappa shape index (κ2) is 6.63. The molecule has 0 aliphatic carbocycles. The van der Waals surface area contributed by atoms with Gasteiger partial charge in [-0.25, -0.2) is 0 Å². The number of nitrogens with one attached hydrogen (secondary N) is 1. The van der Waals surface area contributed by atoms with Crippen molar-refractivity contribution in [3.05, 3.63) is 0 Å². The smallest absolute Gasteiger partial charge is 0.0792 e. The maximum absolute atomic E-state index is 3.45. The molecular formula is C9H22N2Si+. The Morgan fingerprint density at radius 2 is 1.67 bits per heavy atom. The summed E-state index contributed by atoms with van der Waals surface area (Å²) in [4.78, 5) is 0. The van der Waals surface area contributed by atoms with Gasteiger partial charge in [0, 0.05) is 23.2 Å². The lowest BCUT2D eigenvalue weighted by Gasteiger charge is -2.23. The zero-order chi connectivity index (χ0) is 9.45. The summed E-state index contributed by atoms with van der Waals surface area (Å²) < 4.78 is 1.07. The van der Waals surface area contributed by atoms with Crippen molar-refractivity contribution in [1.29, 1.82) is 0 Å². The number of nitrogens with zero attached hydrogens (tertiary/aromatic N) is 1. The molecule has 0 rings (SSSR count). The molecular weight excluding hydrogens is 164 g/mol. The summed E-state index contributed by atoms with van der Waals surface area (Å²) in [5.74, 6) is 0. The van der Waals surface area contributed by atoms with Crippen molar-refractivity contribution in [2.75, 3.05) is 40.8 Å². The van der Waals surface area contributed by atoms with Crippen LogP contribution in [0, 0.1) is 0 Å². The second-order valence-corrected chi connectivity index (χ2v) is 4.72. The van der Waals surface area contributed by atoms with Crippen LogP contribution in [0.5, 0.6) is 0 Å². The van der Waals surface area contributed by atoms with E-state index in [9.17, 15) is 0 Å². The Labute approximate surface area is 80.3 Å². The Hall–Kier alpha value is 0.137. The topological polar surface area (TPSA) is 12.0 Å². The normalized spacial score (nSPS) is 12.0. The molecule has 12 heavy (non-hydrogen) atoms. The lowest BCUT2D eigenvalue weighted by molar-refractivity contribution is -0.870. The van der Waals surface area contributed by atoms with Gasteiger partial charge in [0.15, 0.2) is 0 Å². The molecule has 0 atom stereocenters. The molecule has 0 aromatic rings. The predicted octanol–water partition coefficient (Wildman–Crippen LogP) is 0.649. The van der Waals surface area contributed by atoms with Crippen LogP contribution < -0.4 is 5.32 Å². The molecule has 0 fully saturated rings. The van der Waals surface area contributed by atoms with Crippen molar-refractivity contribution in [1.82, 2.24) is 5.32 Å². The largest absolute Gasteiger partial charge is 0.331 e. The van der Waals surface area contributed by atoms with Crippen LogP contribution in [0.3, 0.4) is 0 Å². The summed E-state index contributed by atoms with van der Waals surface area (Å²) in [5, 5.41) is 3.42. The Kier molecular flexibility index (Phi) is 6.71. The van der Waals surface area contributed by atoms with Crippen LogP contribution in [-0.2, 0) is 0 Å². The minimum Gasteiger partial charge on any atom is -0.331 e. The molecule has 3 heteroatoms. The van der Waals surface area contributed by atoms with Crippen LogP contribution in [0.2, 0.25) is 6.04 Å². The van der Waals surface area contributed by atoms with Gasteiger partial charge in [-0.2, -0.15) is 0 Å². The van der Waals surface area contributed by atoms with Crippen molar-refractivity contribution in [3.63, 3.8) is 0 Å². The van der Waals surface area contributed by atoms with Gasteiger partial charge in [-0.1, -0.05) is 6.04 Å². The minimum absolute atomic E-state index is 1.07. The summed E-state index contributed by atoms with van der Waals surface area (Å²) in [5.41, 5.74) is 0. The highest BCUT2D eigenvalue weighted by atomic mass is 28.1. The van der Waals surface area contributed by atoms with E-state index in [4.69, 9.17) is 0 Å². The van der Waals surface area contributed by atoms with Gasteiger partial charge in [0.1, 0.15) is 0 Å². The summed E-state index contributed by atoms with van der Waals surface area (Å²) in [6.45, 7) is 3.54. The molecule has 71 valence electrons. The first-order chi connectivity index (χ1) is 5.56. The molecule has 0 unspecified atom stereocenters. The molecule has 0 aliphatic heterocycles. The average molecular weight is 186 g/mol. The first-order valence-electron chi connectivity index (χ1n) is 4.72. The fraction of sp³-hybridized carbons (Fsp3) is 1.00. The van der Waals surface area contributed by atoms with Crippen LogP contribution in [-0.4, -0.2) is 55.5 Å². The molecule has 0 saturated carbocycles. The van der Waals surface area contributed by atoms with E-state index in [1.54, 1.807) is 0 Å². The SMILES string of the molecule is C[N+](C)(C)CCCNCCC[Si]. The van der Waals surface area contributed by atoms with E-state index in [1.807, 2.05) is 0 Å². The molecule has 0 heterocycles. The van der Waals surface area contributed by atoms with Crippen LogP contribution in [0.15, 0.2) is 0 Å². The third-order valence-corrected chi connectivity index (χ3v) is 2.07. The van der Waals surface area contributed by atoms with Crippen molar-refractivity contribution in [2.24, 2.45) is 0 Å². The zero-order valence-corrected chi connectivity index (χ0v) is 9.69. The highest BCUT2D eigenvalue weighted by Crippen LogP contribution is 1.91. The Bertz CT molecular complexity index is 99.2. The molecule has 0 aromatic heterocycles. The monoisotopic (exact) mass is 186 g/mol. The standard InChI is InChI=1S/C9H22N2Si/c1-11(2,3)8-4-6-10-7-5-9-12/h10H,4-9H2,1-3H3/q+1. The zero-order valence-electron chi connectivity index (χ0n) is 8.69. The first-order valence-corrected chi connectivity index (χ1v) is 5.43. The van der Waals surface area contributed by atoms with Gasteiger partial charge in [-0.15, -0.1) is 0 Å². The second-order valence-electron chi connectivity index (χ2n) is 4.22. The summed E-state index contributed by atoms with van der Waals surface area (Å²) in [6.07, 6.45) is 2.49. The van der Waals surface area contributed by atoms with E-state index >= 15 is 0 Å². The van der Waals surface area contributed by atoms with E-state index in [1.165, 1.54) is 19.4 Å². The lowest BCUT2D eigenvalue weighted by Crippen LogP contribution is -2.36. The van der Waals surface area contributed by atoms with Crippen LogP contribution in [0.25, 0.3) is 0 Å². The number of quaternary nitrogens is 1. The quantitative estimate of drug-likeness (QED) is 0.350.